The summed E-state index contributed by atoms with van der Waals surface area (Å²) in [6.07, 6.45) is 2.93. The lowest BCUT2D eigenvalue weighted by atomic mass is 10.3. The molecule has 3 N–H and O–H groups in total. The van der Waals surface area contributed by atoms with Crippen LogP contribution in [0, 0.1) is 0 Å². The Labute approximate surface area is 89.3 Å². The van der Waals surface area contributed by atoms with E-state index >= 15 is 0 Å². The molecule has 78 valence electrons. The first-order valence-electron chi connectivity index (χ1n) is 4.07. The van der Waals surface area contributed by atoms with Crippen molar-refractivity contribution in [3.63, 3.8) is 0 Å². The van der Waals surface area contributed by atoms with Crippen LogP contribution in [0.1, 0.15) is 5.69 Å². The molecule has 15 heavy (non-hydrogen) atoms. The minimum atomic E-state index is -0.948. The maximum absolute atomic E-state index is 10.5. The van der Waals surface area contributed by atoms with Crippen molar-refractivity contribution in [3.05, 3.63) is 23.2 Å². The van der Waals surface area contributed by atoms with Crippen molar-refractivity contribution in [1.29, 1.82) is 0 Å². The van der Waals surface area contributed by atoms with E-state index in [-0.39, 0.29) is 17.4 Å². The number of imidazole rings is 1. The second kappa shape index (κ2) is 3.39. The maximum Gasteiger partial charge on any atom is 0.309 e. The molecule has 2 aromatic rings. The number of nitrogens with two attached hydrogens (primary N) is 1. The zero-order valence-electron chi connectivity index (χ0n) is 7.51. The Balaban J connectivity index is 2.55. The number of carboxylic acids is 1. The lowest BCUT2D eigenvalue weighted by Gasteiger charge is -1.96. The molecule has 0 saturated carbocycles. The van der Waals surface area contributed by atoms with Gasteiger partial charge in [0.1, 0.15) is 5.15 Å². The van der Waals surface area contributed by atoms with Gasteiger partial charge in [-0.05, 0) is 0 Å². The van der Waals surface area contributed by atoms with E-state index in [9.17, 15) is 4.79 Å². The Morgan fingerprint density at radius 2 is 2.27 bits per heavy atom. The van der Waals surface area contributed by atoms with Gasteiger partial charge in [-0.3, -0.25) is 4.79 Å². The zero-order chi connectivity index (χ0) is 11.0. The molecule has 0 saturated heterocycles. The molecule has 7 heteroatoms. The number of aromatic nitrogens is 3. The highest BCUT2D eigenvalue weighted by atomic mass is 35.5. The van der Waals surface area contributed by atoms with Gasteiger partial charge in [0.15, 0.2) is 11.5 Å². The van der Waals surface area contributed by atoms with Crippen LogP contribution in [0.25, 0.3) is 5.65 Å². The number of fused-ring (bicyclic) bond motifs is 1. The van der Waals surface area contributed by atoms with Crippen molar-refractivity contribution in [3.8, 4) is 0 Å². The highest BCUT2D eigenvalue weighted by Gasteiger charge is 2.09. The average molecular weight is 227 g/mol. The summed E-state index contributed by atoms with van der Waals surface area (Å²) in [5, 5.41) is 8.83. The van der Waals surface area contributed by atoms with Gasteiger partial charge in [0.25, 0.3) is 0 Å². The van der Waals surface area contributed by atoms with Gasteiger partial charge in [0, 0.05) is 12.4 Å². The van der Waals surface area contributed by atoms with E-state index in [0.29, 0.717) is 11.3 Å². The third-order valence-electron chi connectivity index (χ3n) is 1.82. The number of rotatable bonds is 2. The SMILES string of the molecule is Nc1nc(Cl)cn2cc(CC(=O)O)nc12. The first-order chi connectivity index (χ1) is 7.06. The summed E-state index contributed by atoms with van der Waals surface area (Å²) in [7, 11) is 0. The molecule has 0 amide bonds. The van der Waals surface area contributed by atoms with Crippen LogP contribution in [0.2, 0.25) is 5.15 Å². The van der Waals surface area contributed by atoms with Gasteiger partial charge in [-0.25, -0.2) is 9.97 Å². The number of hydrogen-bond donors (Lipinski definition) is 2. The largest absolute Gasteiger partial charge is 0.481 e. The molecule has 0 radical (unpaired) electrons. The molecule has 0 aliphatic carbocycles. The third-order valence-corrected chi connectivity index (χ3v) is 2.00. The molecule has 2 aromatic heterocycles. The normalized spacial score (nSPS) is 10.7. The molecule has 6 nitrogen and oxygen atoms in total. The lowest BCUT2D eigenvalue weighted by Crippen LogP contribution is -1.99. The molecular weight excluding hydrogens is 220 g/mol. The first kappa shape index (κ1) is 9.72. The molecule has 2 heterocycles. The first-order valence-corrected chi connectivity index (χ1v) is 4.45. The van der Waals surface area contributed by atoms with E-state index in [0.717, 1.165) is 0 Å². The Morgan fingerprint density at radius 1 is 1.53 bits per heavy atom. The molecule has 0 unspecified atom stereocenters. The van der Waals surface area contributed by atoms with Crippen molar-refractivity contribution in [2.75, 3.05) is 5.73 Å². The molecular formula is C8H7ClN4O2. The fraction of sp³-hybridized carbons (Fsp3) is 0.125. The summed E-state index contributed by atoms with van der Waals surface area (Å²) in [5.74, 6) is -0.768. The Morgan fingerprint density at radius 3 is 2.93 bits per heavy atom. The number of nitrogens with zero attached hydrogens (tertiary/aromatic N) is 3. The minimum absolute atomic E-state index is 0.154. The van der Waals surface area contributed by atoms with Gasteiger partial charge in [-0.2, -0.15) is 0 Å². The number of carboxylic acid groups (broad SMARTS) is 1. The molecule has 0 fully saturated rings. The van der Waals surface area contributed by atoms with Gasteiger partial charge < -0.3 is 15.2 Å². The van der Waals surface area contributed by atoms with E-state index in [2.05, 4.69) is 9.97 Å². The smallest absolute Gasteiger partial charge is 0.309 e. The van der Waals surface area contributed by atoms with Crippen molar-refractivity contribution >= 4 is 29.0 Å². The Kier molecular flexibility index (Phi) is 2.20. The maximum atomic E-state index is 10.5. The summed E-state index contributed by atoms with van der Waals surface area (Å²) in [6.45, 7) is 0. The predicted octanol–water partition coefficient (Wildman–Crippen LogP) is 0.592. The number of halogens is 1. The van der Waals surface area contributed by atoms with Crippen molar-refractivity contribution in [2.24, 2.45) is 0 Å². The summed E-state index contributed by atoms with van der Waals surface area (Å²) in [6, 6.07) is 0. The van der Waals surface area contributed by atoms with Crippen LogP contribution in [0.15, 0.2) is 12.4 Å². The lowest BCUT2D eigenvalue weighted by molar-refractivity contribution is -0.136. The monoisotopic (exact) mass is 226 g/mol. The van der Waals surface area contributed by atoms with Crippen LogP contribution in [0.5, 0.6) is 0 Å². The van der Waals surface area contributed by atoms with Crippen molar-refractivity contribution in [1.82, 2.24) is 14.4 Å². The second-order valence-corrected chi connectivity index (χ2v) is 3.37. The number of hydrogen-bond acceptors (Lipinski definition) is 4. The zero-order valence-corrected chi connectivity index (χ0v) is 8.27. The van der Waals surface area contributed by atoms with Gasteiger partial charge in [-0.15, -0.1) is 0 Å². The summed E-state index contributed by atoms with van der Waals surface area (Å²) >= 11 is 5.68. The fourth-order valence-corrected chi connectivity index (χ4v) is 1.48. The second-order valence-electron chi connectivity index (χ2n) is 2.98. The molecule has 0 spiro atoms. The van der Waals surface area contributed by atoms with Crippen molar-refractivity contribution < 1.29 is 9.90 Å². The number of carbonyl (C=O) groups is 1. The molecule has 0 aliphatic heterocycles. The van der Waals surface area contributed by atoms with Crippen LogP contribution in [0.3, 0.4) is 0 Å². The van der Waals surface area contributed by atoms with Crippen LogP contribution in [0.4, 0.5) is 5.82 Å². The predicted molar refractivity (Wildman–Crippen MR) is 53.7 cm³/mol. The fourth-order valence-electron chi connectivity index (χ4n) is 1.28. The van der Waals surface area contributed by atoms with E-state index in [1.165, 1.54) is 6.20 Å². The van der Waals surface area contributed by atoms with Gasteiger partial charge >= 0.3 is 5.97 Å². The van der Waals surface area contributed by atoms with E-state index < -0.39 is 5.97 Å². The number of nitrogen functional groups attached to an aromatic ring is 1. The molecule has 0 aliphatic rings. The molecule has 2 rings (SSSR count). The topological polar surface area (TPSA) is 93.5 Å². The summed E-state index contributed by atoms with van der Waals surface area (Å²) in [5.41, 5.74) is 6.40. The Bertz CT molecular complexity index is 537. The van der Waals surface area contributed by atoms with E-state index in [4.69, 9.17) is 22.4 Å². The van der Waals surface area contributed by atoms with Crippen molar-refractivity contribution in [2.45, 2.75) is 6.42 Å². The number of anilines is 1. The van der Waals surface area contributed by atoms with Crippen LogP contribution in [-0.4, -0.2) is 25.4 Å². The third kappa shape index (κ3) is 1.84. The van der Waals surface area contributed by atoms with Gasteiger partial charge in [0.2, 0.25) is 0 Å². The molecule has 0 bridgehead atoms. The van der Waals surface area contributed by atoms with E-state index in [1.807, 2.05) is 0 Å². The van der Waals surface area contributed by atoms with E-state index in [1.54, 1.807) is 10.6 Å². The molecule has 0 atom stereocenters. The summed E-state index contributed by atoms with van der Waals surface area (Å²) < 4.78 is 1.56. The molecule has 0 aromatic carbocycles. The highest BCUT2D eigenvalue weighted by molar-refractivity contribution is 6.29. The average Bonchev–Trinajstić information content (AvgIpc) is 2.45. The van der Waals surface area contributed by atoms with Crippen LogP contribution >= 0.6 is 11.6 Å². The van der Waals surface area contributed by atoms with Gasteiger partial charge in [-0.1, -0.05) is 11.6 Å². The minimum Gasteiger partial charge on any atom is -0.481 e. The number of aliphatic carboxylic acids is 1. The standard InChI is InChI=1S/C8H7ClN4O2/c9-5-3-13-2-4(1-6(14)15)11-8(13)7(10)12-5/h2-3H,1H2,(H2,10,12)(H,14,15). The summed E-state index contributed by atoms with van der Waals surface area (Å²) in [4.78, 5) is 18.3. The van der Waals surface area contributed by atoms with Gasteiger partial charge in [0.05, 0.1) is 12.1 Å². The Hall–Kier alpha value is -1.82. The quantitative estimate of drug-likeness (QED) is 0.782. The van der Waals surface area contributed by atoms with Crippen LogP contribution in [-0.2, 0) is 11.2 Å². The highest BCUT2D eigenvalue weighted by Crippen LogP contribution is 2.15. The van der Waals surface area contributed by atoms with Crippen LogP contribution < -0.4 is 5.73 Å².